The fourth-order valence-electron chi connectivity index (χ4n) is 2.61. The van der Waals surface area contributed by atoms with Gasteiger partial charge in [0, 0.05) is 29.3 Å². The second-order valence-corrected chi connectivity index (χ2v) is 6.58. The minimum absolute atomic E-state index is 0.390. The Morgan fingerprint density at radius 3 is 2.56 bits per heavy atom. The van der Waals surface area contributed by atoms with Crippen LogP contribution in [0.4, 0.5) is 5.82 Å². The molecule has 1 aromatic rings. The van der Waals surface area contributed by atoms with Crippen molar-refractivity contribution in [2.24, 2.45) is 5.73 Å². The predicted molar refractivity (Wildman–Crippen MR) is 82.9 cm³/mol. The van der Waals surface area contributed by atoms with Crippen LogP contribution in [-0.2, 0) is 0 Å². The fourth-order valence-corrected chi connectivity index (χ4v) is 3.83. The lowest BCUT2D eigenvalue weighted by Crippen LogP contribution is -2.41. The Balaban J connectivity index is 2.17. The van der Waals surface area contributed by atoms with Gasteiger partial charge in [0.2, 0.25) is 0 Å². The van der Waals surface area contributed by atoms with Gasteiger partial charge in [-0.15, -0.1) is 0 Å². The van der Waals surface area contributed by atoms with Crippen LogP contribution < -0.4 is 10.6 Å². The van der Waals surface area contributed by atoms with Gasteiger partial charge in [0.1, 0.15) is 5.82 Å². The van der Waals surface area contributed by atoms with Gasteiger partial charge < -0.3 is 10.6 Å². The second-order valence-electron chi connectivity index (χ2n) is 4.81. The number of hydrogen-bond donors (Lipinski definition) is 1. The number of nitrogens with two attached hydrogens (primary N) is 1. The van der Waals surface area contributed by atoms with E-state index in [1.54, 1.807) is 0 Å². The van der Waals surface area contributed by atoms with Gasteiger partial charge in [-0.05, 0) is 70.5 Å². The van der Waals surface area contributed by atoms with Crippen molar-refractivity contribution in [3.05, 3.63) is 21.2 Å². The highest BCUT2D eigenvalue weighted by atomic mass is 79.9. The molecule has 2 N–H and O–H groups in total. The number of anilines is 1. The number of hydrogen-bond acceptors (Lipinski definition) is 3. The Bertz CT molecular complexity index is 403. The van der Waals surface area contributed by atoms with Crippen molar-refractivity contribution in [3.8, 4) is 0 Å². The Morgan fingerprint density at radius 2 is 2.00 bits per heavy atom. The Kier molecular flexibility index (Phi) is 5.04. The van der Waals surface area contributed by atoms with Gasteiger partial charge >= 0.3 is 0 Å². The molecule has 1 aliphatic carbocycles. The van der Waals surface area contributed by atoms with E-state index >= 15 is 0 Å². The summed E-state index contributed by atoms with van der Waals surface area (Å²) in [5.74, 6) is 1.04. The molecule has 1 fully saturated rings. The normalized spacial score (nSPS) is 24.0. The lowest BCUT2D eigenvalue weighted by molar-refractivity contribution is 0.376. The van der Waals surface area contributed by atoms with E-state index in [9.17, 15) is 0 Å². The van der Waals surface area contributed by atoms with Gasteiger partial charge in [0.05, 0.1) is 4.47 Å². The van der Waals surface area contributed by atoms with Crippen molar-refractivity contribution in [1.29, 1.82) is 0 Å². The maximum Gasteiger partial charge on any atom is 0.143 e. The van der Waals surface area contributed by atoms with E-state index in [-0.39, 0.29) is 0 Å². The van der Waals surface area contributed by atoms with Gasteiger partial charge in [-0.2, -0.15) is 0 Å². The number of pyridine rings is 1. The summed E-state index contributed by atoms with van der Waals surface area (Å²) in [6.45, 7) is 3.16. The predicted octanol–water partition coefficient (Wildman–Crippen LogP) is 3.70. The Labute approximate surface area is 125 Å². The minimum Gasteiger partial charge on any atom is -0.353 e. The highest BCUT2D eigenvalue weighted by molar-refractivity contribution is 9.11. The molecule has 100 valence electrons. The molecule has 0 radical (unpaired) electrons. The minimum atomic E-state index is 0.390. The largest absolute Gasteiger partial charge is 0.353 e. The molecule has 5 heteroatoms. The van der Waals surface area contributed by atoms with E-state index in [0.29, 0.717) is 12.1 Å². The lowest BCUT2D eigenvalue weighted by atomic mass is 9.90. The summed E-state index contributed by atoms with van der Waals surface area (Å²) in [6, 6.07) is 3.01. The van der Waals surface area contributed by atoms with Gasteiger partial charge in [0.15, 0.2) is 0 Å². The van der Waals surface area contributed by atoms with E-state index in [1.807, 2.05) is 6.20 Å². The summed E-state index contributed by atoms with van der Waals surface area (Å²) in [6.07, 6.45) is 6.43. The van der Waals surface area contributed by atoms with Gasteiger partial charge in [-0.25, -0.2) is 4.98 Å². The number of halogens is 2. The van der Waals surface area contributed by atoms with Crippen LogP contribution in [0, 0.1) is 0 Å². The fraction of sp³-hybridized carbons (Fsp3) is 0.615. The standard InChI is InChI=1S/C13H19Br2N3/c1-2-18(11-5-3-10(16)4-6-11)13-12(15)7-9(14)8-17-13/h7-8,10-11H,2-6,16H2,1H3. The van der Waals surface area contributed by atoms with E-state index in [4.69, 9.17) is 5.73 Å². The Morgan fingerprint density at radius 1 is 1.33 bits per heavy atom. The van der Waals surface area contributed by atoms with Crippen molar-refractivity contribution in [3.63, 3.8) is 0 Å². The lowest BCUT2D eigenvalue weighted by Gasteiger charge is -2.36. The van der Waals surface area contributed by atoms with Crippen LogP contribution in [-0.4, -0.2) is 23.6 Å². The molecule has 1 aromatic heterocycles. The van der Waals surface area contributed by atoms with E-state index in [0.717, 1.165) is 34.1 Å². The monoisotopic (exact) mass is 375 g/mol. The quantitative estimate of drug-likeness (QED) is 0.874. The maximum atomic E-state index is 5.98. The zero-order chi connectivity index (χ0) is 13.1. The third kappa shape index (κ3) is 3.25. The topological polar surface area (TPSA) is 42.2 Å². The maximum absolute atomic E-state index is 5.98. The molecule has 0 saturated heterocycles. The molecule has 0 aliphatic heterocycles. The third-order valence-electron chi connectivity index (χ3n) is 3.58. The first-order valence-electron chi connectivity index (χ1n) is 6.45. The highest BCUT2D eigenvalue weighted by Gasteiger charge is 2.25. The summed E-state index contributed by atoms with van der Waals surface area (Å²) in [5, 5.41) is 0. The van der Waals surface area contributed by atoms with Crippen molar-refractivity contribution < 1.29 is 0 Å². The Hall–Kier alpha value is -0.130. The van der Waals surface area contributed by atoms with Crippen LogP contribution in [0.25, 0.3) is 0 Å². The zero-order valence-electron chi connectivity index (χ0n) is 10.6. The van der Waals surface area contributed by atoms with E-state index < -0.39 is 0 Å². The molecule has 0 spiro atoms. The molecule has 0 atom stereocenters. The third-order valence-corrected chi connectivity index (χ3v) is 4.60. The summed E-state index contributed by atoms with van der Waals surface area (Å²) in [5.41, 5.74) is 5.98. The van der Waals surface area contributed by atoms with Crippen molar-refractivity contribution in [2.75, 3.05) is 11.4 Å². The molecular formula is C13H19Br2N3. The molecule has 0 aromatic carbocycles. The van der Waals surface area contributed by atoms with Crippen LogP contribution in [0.15, 0.2) is 21.2 Å². The zero-order valence-corrected chi connectivity index (χ0v) is 13.7. The summed E-state index contributed by atoms with van der Waals surface area (Å²) in [4.78, 5) is 6.94. The van der Waals surface area contributed by atoms with Crippen LogP contribution in [0.3, 0.4) is 0 Å². The van der Waals surface area contributed by atoms with Crippen LogP contribution in [0.2, 0.25) is 0 Å². The molecule has 1 aliphatic rings. The van der Waals surface area contributed by atoms with E-state index in [1.165, 1.54) is 12.8 Å². The van der Waals surface area contributed by atoms with E-state index in [2.05, 4.69) is 54.7 Å². The van der Waals surface area contributed by atoms with Crippen molar-refractivity contribution in [2.45, 2.75) is 44.7 Å². The van der Waals surface area contributed by atoms with Crippen LogP contribution >= 0.6 is 31.9 Å². The SMILES string of the molecule is CCN(c1ncc(Br)cc1Br)C1CCC(N)CC1. The summed E-state index contributed by atoms with van der Waals surface area (Å²) < 4.78 is 2.05. The molecule has 3 nitrogen and oxygen atoms in total. The molecule has 1 saturated carbocycles. The van der Waals surface area contributed by atoms with Crippen molar-refractivity contribution >= 4 is 37.7 Å². The first-order chi connectivity index (χ1) is 8.61. The number of aromatic nitrogens is 1. The second kappa shape index (κ2) is 6.35. The molecule has 0 bridgehead atoms. The number of rotatable bonds is 3. The van der Waals surface area contributed by atoms with Crippen molar-refractivity contribution in [1.82, 2.24) is 4.98 Å². The molecule has 0 amide bonds. The van der Waals surface area contributed by atoms with Crippen LogP contribution in [0.5, 0.6) is 0 Å². The van der Waals surface area contributed by atoms with Gasteiger partial charge in [-0.3, -0.25) is 0 Å². The molecule has 0 unspecified atom stereocenters. The summed E-state index contributed by atoms with van der Waals surface area (Å²) in [7, 11) is 0. The average molecular weight is 377 g/mol. The molecule has 2 rings (SSSR count). The summed E-state index contributed by atoms with van der Waals surface area (Å²) >= 11 is 7.05. The molecular weight excluding hydrogens is 358 g/mol. The average Bonchev–Trinajstić information content (AvgIpc) is 2.35. The first-order valence-corrected chi connectivity index (χ1v) is 8.03. The molecule has 18 heavy (non-hydrogen) atoms. The van der Waals surface area contributed by atoms with Crippen LogP contribution in [0.1, 0.15) is 32.6 Å². The molecule has 1 heterocycles. The van der Waals surface area contributed by atoms with Gasteiger partial charge in [-0.1, -0.05) is 0 Å². The first kappa shape index (κ1) is 14.3. The highest BCUT2D eigenvalue weighted by Crippen LogP contribution is 2.31. The number of nitrogens with zero attached hydrogens (tertiary/aromatic N) is 2. The smallest absolute Gasteiger partial charge is 0.143 e. The van der Waals surface area contributed by atoms with Gasteiger partial charge in [0.25, 0.3) is 0 Å².